The minimum absolute atomic E-state index is 0.0807. The SMILES string of the molecule is C[C@H]1CCCN(C(=O)c2cn(Cc3ccccn3)nn2)[C@H]1CN. The number of nitrogens with zero attached hydrogens (tertiary/aromatic N) is 5. The number of rotatable bonds is 4. The fourth-order valence-electron chi connectivity index (χ4n) is 3.14. The molecule has 0 saturated carbocycles. The zero-order chi connectivity index (χ0) is 16.2. The number of carbonyl (C=O) groups excluding carboxylic acids is 1. The molecule has 122 valence electrons. The summed E-state index contributed by atoms with van der Waals surface area (Å²) in [6.07, 6.45) is 5.53. The summed E-state index contributed by atoms with van der Waals surface area (Å²) >= 11 is 0. The van der Waals surface area contributed by atoms with Crippen LogP contribution < -0.4 is 5.73 Å². The maximum Gasteiger partial charge on any atom is 0.276 e. The Hall–Kier alpha value is -2.28. The van der Waals surface area contributed by atoms with Crippen LogP contribution in [0.1, 0.15) is 35.9 Å². The summed E-state index contributed by atoms with van der Waals surface area (Å²) < 4.78 is 1.64. The predicted molar refractivity (Wildman–Crippen MR) is 85.6 cm³/mol. The van der Waals surface area contributed by atoms with E-state index in [4.69, 9.17) is 5.73 Å². The number of piperidine rings is 1. The summed E-state index contributed by atoms with van der Waals surface area (Å²) in [4.78, 5) is 18.8. The van der Waals surface area contributed by atoms with Gasteiger partial charge >= 0.3 is 0 Å². The average molecular weight is 314 g/mol. The van der Waals surface area contributed by atoms with Gasteiger partial charge in [0.25, 0.3) is 5.91 Å². The van der Waals surface area contributed by atoms with E-state index in [-0.39, 0.29) is 11.9 Å². The minimum Gasteiger partial charge on any atom is -0.333 e. The zero-order valence-corrected chi connectivity index (χ0v) is 13.3. The van der Waals surface area contributed by atoms with E-state index in [1.807, 2.05) is 23.1 Å². The lowest BCUT2D eigenvalue weighted by Crippen LogP contribution is -2.51. The van der Waals surface area contributed by atoms with Gasteiger partial charge in [0.1, 0.15) is 0 Å². The van der Waals surface area contributed by atoms with E-state index >= 15 is 0 Å². The van der Waals surface area contributed by atoms with E-state index < -0.39 is 0 Å². The van der Waals surface area contributed by atoms with Gasteiger partial charge in [0.15, 0.2) is 5.69 Å². The molecule has 0 radical (unpaired) electrons. The highest BCUT2D eigenvalue weighted by atomic mass is 16.2. The van der Waals surface area contributed by atoms with Gasteiger partial charge < -0.3 is 10.6 Å². The topological polar surface area (TPSA) is 89.9 Å². The maximum atomic E-state index is 12.7. The van der Waals surface area contributed by atoms with Crippen molar-refractivity contribution in [2.24, 2.45) is 11.7 Å². The van der Waals surface area contributed by atoms with Gasteiger partial charge in [-0.1, -0.05) is 18.2 Å². The molecule has 1 aliphatic heterocycles. The van der Waals surface area contributed by atoms with E-state index in [9.17, 15) is 4.79 Å². The molecule has 0 bridgehead atoms. The Labute approximate surface area is 135 Å². The summed E-state index contributed by atoms with van der Waals surface area (Å²) in [7, 11) is 0. The quantitative estimate of drug-likeness (QED) is 0.906. The largest absolute Gasteiger partial charge is 0.333 e. The molecule has 1 saturated heterocycles. The van der Waals surface area contributed by atoms with Crippen LogP contribution in [0.25, 0.3) is 0 Å². The van der Waals surface area contributed by atoms with Crippen LogP contribution in [0.3, 0.4) is 0 Å². The first-order valence-corrected chi connectivity index (χ1v) is 8.00. The highest BCUT2D eigenvalue weighted by Gasteiger charge is 2.32. The third-order valence-corrected chi connectivity index (χ3v) is 4.43. The molecule has 2 aromatic rings. The van der Waals surface area contributed by atoms with Crippen LogP contribution in [0.15, 0.2) is 30.6 Å². The van der Waals surface area contributed by atoms with Crippen molar-refractivity contribution in [3.63, 3.8) is 0 Å². The molecule has 1 fully saturated rings. The van der Waals surface area contributed by atoms with Crippen molar-refractivity contribution in [1.82, 2.24) is 24.9 Å². The van der Waals surface area contributed by atoms with Gasteiger partial charge in [-0.25, -0.2) is 4.68 Å². The van der Waals surface area contributed by atoms with Crippen molar-refractivity contribution in [2.75, 3.05) is 13.1 Å². The average Bonchev–Trinajstić information content (AvgIpc) is 3.03. The molecule has 2 aromatic heterocycles. The van der Waals surface area contributed by atoms with Gasteiger partial charge in [-0.15, -0.1) is 5.10 Å². The molecule has 7 heteroatoms. The fourth-order valence-corrected chi connectivity index (χ4v) is 3.14. The van der Waals surface area contributed by atoms with Crippen molar-refractivity contribution in [2.45, 2.75) is 32.4 Å². The Morgan fingerprint density at radius 3 is 3.04 bits per heavy atom. The van der Waals surface area contributed by atoms with Crippen molar-refractivity contribution < 1.29 is 4.79 Å². The third-order valence-electron chi connectivity index (χ3n) is 4.43. The van der Waals surface area contributed by atoms with Gasteiger partial charge in [0.05, 0.1) is 18.4 Å². The number of nitrogens with two attached hydrogens (primary N) is 1. The Morgan fingerprint density at radius 2 is 2.30 bits per heavy atom. The number of pyridine rings is 1. The minimum atomic E-state index is -0.0840. The number of likely N-dealkylation sites (tertiary alicyclic amines) is 1. The molecule has 0 aromatic carbocycles. The molecule has 1 amide bonds. The van der Waals surface area contributed by atoms with Crippen molar-refractivity contribution in [1.29, 1.82) is 0 Å². The Bertz CT molecular complexity index is 656. The van der Waals surface area contributed by atoms with E-state index in [1.54, 1.807) is 17.1 Å². The van der Waals surface area contributed by atoms with E-state index in [1.165, 1.54) is 0 Å². The van der Waals surface area contributed by atoms with Gasteiger partial charge in [-0.3, -0.25) is 9.78 Å². The van der Waals surface area contributed by atoms with Crippen LogP contribution in [0.4, 0.5) is 0 Å². The molecule has 0 unspecified atom stereocenters. The van der Waals surface area contributed by atoms with Crippen molar-refractivity contribution in [3.05, 3.63) is 42.0 Å². The van der Waals surface area contributed by atoms with Crippen molar-refractivity contribution in [3.8, 4) is 0 Å². The van der Waals surface area contributed by atoms with Crippen LogP contribution in [0.2, 0.25) is 0 Å². The Kier molecular flexibility index (Phi) is 4.66. The van der Waals surface area contributed by atoms with Crippen molar-refractivity contribution >= 4 is 5.91 Å². The van der Waals surface area contributed by atoms with E-state index in [0.717, 1.165) is 25.1 Å². The van der Waals surface area contributed by atoms with Crippen LogP contribution in [-0.2, 0) is 6.54 Å². The second-order valence-electron chi connectivity index (χ2n) is 6.04. The summed E-state index contributed by atoms with van der Waals surface area (Å²) in [5.41, 5.74) is 7.11. The van der Waals surface area contributed by atoms with Crippen LogP contribution in [0, 0.1) is 5.92 Å². The molecule has 2 atom stereocenters. The van der Waals surface area contributed by atoms with Gasteiger partial charge in [-0.05, 0) is 30.9 Å². The summed E-state index contributed by atoms with van der Waals surface area (Å²) in [6.45, 7) is 3.86. The normalized spacial score (nSPS) is 21.4. The molecule has 2 N–H and O–H groups in total. The lowest BCUT2D eigenvalue weighted by atomic mass is 9.90. The summed E-state index contributed by atoms with van der Waals surface area (Å²) in [5, 5.41) is 8.08. The molecule has 3 rings (SSSR count). The first kappa shape index (κ1) is 15.6. The molecule has 23 heavy (non-hydrogen) atoms. The summed E-state index contributed by atoms with van der Waals surface area (Å²) in [6, 6.07) is 5.79. The highest BCUT2D eigenvalue weighted by Crippen LogP contribution is 2.23. The second-order valence-corrected chi connectivity index (χ2v) is 6.04. The molecule has 3 heterocycles. The fraction of sp³-hybridized carbons (Fsp3) is 0.500. The lowest BCUT2D eigenvalue weighted by Gasteiger charge is -2.39. The van der Waals surface area contributed by atoms with Gasteiger partial charge in [0.2, 0.25) is 0 Å². The molecule has 7 nitrogen and oxygen atoms in total. The summed E-state index contributed by atoms with van der Waals surface area (Å²) in [5.74, 6) is 0.334. The Morgan fingerprint density at radius 1 is 1.43 bits per heavy atom. The van der Waals surface area contributed by atoms with E-state index in [0.29, 0.717) is 24.7 Å². The standard InChI is InChI=1S/C16H22N6O/c1-12-5-4-8-22(15(12)9-17)16(23)14-11-21(20-19-14)10-13-6-2-3-7-18-13/h2-3,6-7,11-12,15H,4-5,8-10,17H2,1H3/t12-,15-/m0/s1. The molecular formula is C16H22N6O. The smallest absolute Gasteiger partial charge is 0.276 e. The predicted octanol–water partition coefficient (Wildman–Crippen LogP) is 0.921. The zero-order valence-electron chi connectivity index (χ0n) is 13.3. The van der Waals surface area contributed by atoms with Gasteiger partial charge in [-0.2, -0.15) is 0 Å². The first-order chi connectivity index (χ1) is 11.2. The lowest BCUT2D eigenvalue weighted by molar-refractivity contribution is 0.0526. The van der Waals surface area contributed by atoms with E-state index in [2.05, 4.69) is 22.2 Å². The number of amides is 1. The second kappa shape index (κ2) is 6.87. The molecular weight excluding hydrogens is 292 g/mol. The number of aromatic nitrogens is 4. The van der Waals surface area contributed by atoms with Crippen LogP contribution in [0.5, 0.6) is 0 Å². The van der Waals surface area contributed by atoms with Crippen LogP contribution in [-0.4, -0.2) is 49.9 Å². The highest BCUT2D eigenvalue weighted by molar-refractivity contribution is 5.92. The molecule has 0 spiro atoms. The van der Waals surface area contributed by atoms with Crippen LogP contribution >= 0.6 is 0 Å². The third kappa shape index (κ3) is 3.39. The maximum absolute atomic E-state index is 12.7. The first-order valence-electron chi connectivity index (χ1n) is 8.00. The monoisotopic (exact) mass is 314 g/mol. The number of hydrogen-bond donors (Lipinski definition) is 1. The Balaban J connectivity index is 1.73. The molecule has 1 aliphatic rings. The van der Waals surface area contributed by atoms with Gasteiger partial charge in [0, 0.05) is 25.3 Å². The molecule has 0 aliphatic carbocycles. The number of carbonyl (C=O) groups is 1. The number of hydrogen-bond acceptors (Lipinski definition) is 5.